The molecule has 90 valence electrons. The summed E-state index contributed by atoms with van der Waals surface area (Å²) in [5.74, 6) is 0.719. The van der Waals surface area contributed by atoms with Gasteiger partial charge in [-0.05, 0) is 44.7 Å². The van der Waals surface area contributed by atoms with Gasteiger partial charge in [0.15, 0.2) is 0 Å². The summed E-state index contributed by atoms with van der Waals surface area (Å²) in [7, 11) is 0. The Morgan fingerprint density at radius 1 is 1.12 bits per heavy atom. The molecule has 0 atom stereocenters. The second-order valence-corrected chi connectivity index (χ2v) is 5.64. The summed E-state index contributed by atoms with van der Waals surface area (Å²) in [6.07, 6.45) is 2.34. The maximum Gasteiger partial charge on any atom is 0.0128 e. The zero-order chi connectivity index (χ0) is 12.0. The number of nitrogens with one attached hydrogen (secondary N) is 1. The molecule has 1 rings (SSSR count). The monoisotopic (exact) mass is 219 g/mol. The lowest BCUT2D eigenvalue weighted by atomic mass is 9.95. The summed E-state index contributed by atoms with van der Waals surface area (Å²) in [5.41, 5.74) is 1.67. The Labute approximate surface area is 100 Å². The van der Waals surface area contributed by atoms with Gasteiger partial charge in [-0.1, -0.05) is 44.2 Å². The number of hydrogen-bond acceptors (Lipinski definition) is 1. The summed E-state index contributed by atoms with van der Waals surface area (Å²) < 4.78 is 0. The molecule has 0 heterocycles. The van der Waals surface area contributed by atoms with Crippen LogP contribution in [0.1, 0.15) is 39.7 Å². The maximum absolute atomic E-state index is 3.63. The molecule has 1 heteroatoms. The molecular weight excluding hydrogens is 194 g/mol. The molecule has 0 radical (unpaired) electrons. The van der Waals surface area contributed by atoms with Crippen LogP contribution in [0.25, 0.3) is 0 Å². The lowest BCUT2D eigenvalue weighted by molar-refractivity contribution is 0.342. The highest BCUT2D eigenvalue weighted by atomic mass is 14.9. The fourth-order valence-corrected chi connectivity index (χ4v) is 1.67. The van der Waals surface area contributed by atoms with Crippen LogP contribution in [0.5, 0.6) is 0 Å². The number of aryl methyl sites for hydroxylation is 1. The van der Waals surface area contributed by atoms with Crippen molar-refractivity contribution >= 4 is 0 Å². The van der Waals surface area contributed by atoms with Crippen LogP contribution in [-0.4, -0.2) is 12.1 Å². The molecule has 1 N–H and O–H groups in total. The summed E-state index contributed by atoms with van der Waals surface area (Å²) in [6, 6.07) is 10.7. The van der Waals surface area contributed by atoms with E-state index in [4.69, 9.17) is 0 Å². The van der Waals surface area contributed by atoms with E-state index in [-0.39, 0.29) is 5.54 Å². The van der Waals surface area contributed by atoms with Crippen molar-refractivity contribution in [3.63, 3.8) is 0 Å². The van der Waals surface area contributed by atoms with Gasteiger partial charge in [0.2, 0.25) is 0 Å². The second kappa shape index (κ2) is 6.05. The van der Waals surface area contributed by atoms with Crippen molar-refractivity contribution in [2.45, 2.75) is 46.1 Å². The van der Waals surface area contributed by atoms with Crippen LogP contribution in [0.3, 0.4) is 0 Å². The van der Waals surface area contributed by atoms with Crippen molar-refractivity contribution in [3.8, 4) is 0 Å². The lowest BCUT2D eigenvalue weighted by Gasteiger charge is -2.27. The van der Waals surface area contributed by atoms with E-state index in [0.717, 1.165) is 18.9 Å². The zero-order valence-electron chi connectivity index (χ0n) is 11.1. The van der Waals surface area contributed by atoms with Crippen LogP contribution >= 0.6 is 0 Å². The van der Waals surface area contributed by atoms with Gasteiger partial charge in [-0.15, -0.1) is 0 Å². The summed E-state index contributed by atoms with van der Waals surface area (Å²) in [6.45, 7) is 10.2. The van der Waals surface area contributed by atoms with Gasteiger partial charge >= 0.3 is 0 Å². The van der Waals surface area contributed by atoms with Crippen LogP contribution < -0.4 is 5.32 Å². The minimum Gasteiger partial charge on any atom is -0.312 e. The fourth-order valence-electron chi connectivity index (χ4n) is 1.67. The largest absolute Gasteiger partial charge is 0.312 e. The van der Waals surface area contributed by atoms with E-state index in [1.54, 1.807) is 0 Å². The average molecular weight is 219 g/mol. The topological polar surface area (TPSA) is 12.0 Å². The SMILES string of the molecule is CC(C)CNC(C)(C)CCc1ccccc1. The van der Waals surface area contributed by atoms with Gasteiger partial charge in [0.25, 0.3) is 0 Å². The van der Waals surface area contributed by atoms with E-state index in [0.29, 0.717) is 0 Å². The Bertz CT molecular complexity index is 288. The molecule has 0 saturated heterocycles. The molecule has 0 aromatic heterocycles. The van der Waals surface area contributed by atoms with Gasteiger partial charge in [0.05, 0.1) is 0 Å². The van der Waals surface area contributed by atoms with Gasteiger partial charge < -0.3 is 5.32 Å². The predicted octanol–water partition coefficient (Wildman–Crippen LogP) is 3.64. The first-order valence-corrected chi connectivity index (χ1v) is 6.28. The minimum absolute atomic E-state index is 0.236. The molecule has 0 unspecified atom stereocenters. The lowest BCUT2D eigenvalue weighted by Crippen LogP contribution is -2.41. The first-order valence-electron chi connectivity index (χ1n) is 6.28. The first kappa shape index (κ1) is 13.2. The van der Waals surface area contributed by atoms with Crippen LogP contribution in [0, 0.1) is 5.92 Å². The quantitative estimate of drug-likeness (QED) is 0.770. The summed E-state index contributed by atoms with van der Waals surface area (Å²) in [4.78, 5) is 0. The molecule has 0 fully saturated rings. The molecular formula is C15H25N. The Hall–Kier alpha value is -0.820. The third-order valence-corrected chi connectivity index (χ3v) is 2.87. The van der Waals surface area contributed by atoms with Gasteiger partial charge in [0, 0.05) is 5.54 Å². The Balaban J connectivity index is 2.36. The Morgan fingerprint density at radius 3 is 2.31 bits per heavy atom. The number of benzene rings is 1. The molecule has 1 aromatic carbocycles. The van der Waals surface area contributed by atoms with Crippen molar-refractivity contribution in [2.75, 3.05) is 6.54 Å². The molecule has 0 spiro atoms. The average Bonchev–Trinajstić information content (AvgIpc) is 2.26. The van der Waals surface area contributed by atoms with Crippen LogP contribution in [0.15, 0.2) is 30.3 Å². The van der Waals surface area contributed by atoms with Crippen molar-refractivity contribution in [1.29, 1.82) is 0 Å². The van der Waals surface area contributed by atoms with Crippen LogP contribution in [-0.2, 0) is 6.42 Å². The molecule has 0 bridgehead atoms. The van der Waals surface area contributed by atoms with E-state index in [1.807, 2.05) is 0 Å². The first-order chi connectivity index (χ1) is 7.49. The molecule has 1 aromatic rings. The number of rotatable bonds is 6. The van der Waals surface area contributed by atoms with E-state index < -0.39 is 0 Å². The summed E-state index contributed by atoms with van der Waals surface area (Å²) in [5, 5.41) is 3.63. The van der Waals surface area contributed by atoms with E-state index in [1.165, 1.54) is 12.0 Å². The summed E-state index contributed by atoms with van der Waals surface area (Å²) >= 11 is 0. The van der Waals surface area contributed by atoms with E-state index >= 15 is 0 Å². The molecule has 0 aliphatic heterocycles. The Morgan fingerprint density at radius 2 is 1.75 bits per heavy atom. The molecule has 0 aliphatic carbocycles. The highest BCUT2D eigenvalue weighted by Gasteiger charge is 2.16. The van der Waals surface area contributed by atoms with Gasteiger partial charge in [-0.2, -0.15) is 0 Å². The van der Waals surface area contributed by atoms with Crippen molar-refractivity contribution in [1.82, 2.24) is 5.32 Å². The van der Waals surface area contributed by atoms with Gasteiger partial charge in [-0.25, -0.2) is 0 Å². The second-order valence-electron chi connectivity index (χ2n) is 5.64. The fraction of sp³-hybridized carbons (Fsp3) is 0.600. The van der Waals surface area contributed by atoms with Crippen molar-refractivity contribution in [3.05, 3.63) is 35.9 Å². The van der Waals surface area contributed by atoms with E-state index in [9.17, 15) is 0 Å². The predicted molar refractivity (Wildman–Crippen MR) is 71.7 cm³/mol. The highest BCUT2D eigenvalue weighted by molar-refractivity contribution is 5.15. The maximum atomic E-state index is 3.63. The molecule has 0 saturated carbocycles. The van der Waals surface area contributed by atoms with Crippen molar-refractivity contribution in [2.24, 2.45) is 5.92 Å². The number of hydrogen-bond donors (Lipinski definition) is 1. The van der Waals surface area contributed by atoms with E-state index in [2.05, 4.69) is 63.3 Å². The smallest absolute Gasteiger partial charge is 0.0128 e. The molecule has 16 heavy (non-hydrogen) atoms. The standard InChI is InChI=1S/C15H25N/c1-13(2)12-16-15(3,4)11-10-14-8-6-5-7-9-14/h5-9,13,16H,10-12H2,1-4H3. The third kappa shape index (κ3) is 5.32. The van der Waals surface area contributed by atoms with Crippen LogP contribution in [0.2, 0.25) is 0 Å². The molecule has 1 nitrogen and oxygen atoms in total. The molecule has 0 amide bonds. The normalized spacial score (nSPS) is 12.1. The Kier molecular flexibility index (Phi) is 5.01. The van der Waals surface area contributed by atoms with Gasteiger partial charge in [0.1, 0.15) is 0 Å². The minimum atomic E-state index is 0.236. The molecule has 0 aliphatic rings. The highest BCUT2D eigenvalue weighted by Crippen LogP contribution is 2.13. The zero-order valence-corrected chi connectivity index (χ0v) is 11.1. The van der Waals surface area contributed by atoms with Gasteiger partial charge in [-0.3, -0.25) is 0 Å². The van der Waals surface area contributed by atoms with Crippen LogP contribution in [0.4, 0.5) is 0 Å². The third-order valence-electron chi connectivity index (χ3n) is 2.87. The van der Waals surface area contributed by atoms with Crippen molar-refractivity contribution < 1.29 is 0 Å².